The van der Waals surface area contributed by atoms with Crippen molar-refractivity contribution in [3.8, 4) is 0 Å². The third-order valence-corrected chi connectivity index (χ3v) is 4.08. The fourth-order valence-electron chi connectivity index (χ4n) is 2.14. The summed E-state index contributed by atoms with van der Waals surface area (Å²) >= 11 is 0. The molecular formula is C17H32N2OS. The summed E-state index contributed by atoms with van der Waals surface area (Å²) < 4.78 is 13.7. The molecule has 4 heteroatoms. The van der Waals surface area contributed by atoms with Crippen molar-refractivity contribution < 1.29 is 4.21 Å². The first-order valence-electron chi connectivity index (χ1n) is 7.35. The third kappa shape index (κ3) is 8.34. The van der Waals surface area contributed by atoms with E-state index in [0.717, 1.165) is 32.0 Å². The van der Waals surface area contributed by atoms with Crippen LogP contribution in [0.4, 0.5) is 0 Å². The summed E-state index contributed by atoms with van der Waals surface area (Å²) in [5, 5.41) is 3.36. The Morgan fingerprint density at radius 1 is 1.29 bits per heavy atom. The second kappa shape index (κ2) is 10.9. The maximum absolute atomic E-state index is 11.6. The van der Waals surface area contributed by atoms with Gasteiger partial charge in [-0.15, -0.1) is 0 Å². The molecule has 3 nitrogen and oxygen atoms in total. The molecule has 0 saturated carbocycles. The van der Waals surface area contributed by atoms with Gasteiger partial charge in [-0.3, -0.25) is 0 Å². The van der Waals surface area contributed by atoms with Crippen LogP contribution in [-0.4, -0.2) is 40.4 Å². The lowest BCUT2D eigenvalue weighted by molar-refractivity contribution is 0.279. The number of hydrogen-bond donors (Lipinski definition) is 1. The van der Waals surface area contributed by atoms with Crippen molar-refractivity contribution >= 4 is 11.0 Å². The Hall–Kier alpha value is -0.710. The smallest absolute Gasteiger partial charge is 0.0914 e. The van der Waals surface area contributed by atoms with E-state index in [9.17, 15) is 4.21 Å². The highest BCUT2D eigenvalue weighted by Crippen LogP contribution is 2.12. The molecule has 2 unspecified atom stereocenters. The van der Waals surface area contributed by atoms with E-state index in [1.807, 2.05) is 6.07 Å². The van der Waals surface area contributed by atoms with Gasteiger partial charge in [-0.25, -0.2) is 8.51 Å². The number of rotatable bonds is 3. The molecular weight excluding hydrogens is 280 g/mol. The molecule has 1 aromatic rings. The van der Waals surface area contributed by atoms with Crippen LogP contribution < -0.4 is 5.32 Å². The standard InChI is InChI=1S/C12H18N2OS.C4H10.CH4/c1-16(15)14-8-7-13-10-12(14)9-11-5-3-2-4-6-11;1-4(2)3;/h2-6,12-13H,7-10H2,1H3;4H,1-3H3;1H4. The summed E-state index contributed by atoms with van der Waals surface area (Å²) in [5.41, 5.74) is 1.31. The van der Waals surface area contributed by atoms with Crippen LogP contribution in [0.25, 0.3) is 0 Å². The van der Waals surface area contributed by atoms with Crippen molar-refractivity contribution in [2.24, 2.45) is 5.92 Å². The Balaban J connectivity index is 0.000000715. The first kappa shape index (κ1) is 20.3. The number of nitrogens with zero attached hydrogens (tertiary/aromatic N) is 1. The molecule has 2 rings (SSSR count). The molecule has 1 heterocycles. The van der Waals surface area contributed by atoms with Crippen molar-refractivity contribution in [1.82, 2.24) is 9.62 Å². The molecule has 0 aliphatic carbocycles. The second-order valence-corrected chi connectivity index (χ2v) is 7.16. The van der Waals surface area contributed by atoms with Gasteiger partial charge < -0.3 is 5.32 Å². The lowest BCUT2D eigenvalue weighted by Gasteiger charge is -2.34. The predicted octanol–water partition coefficient (Wildman–Crippen LogP) is 3.09. The molecule has 0 bridgehead atoms. The molecule has 0 spiro atoms. The number of hydrogen-bond acceptors (Lipinski definition) is 2. The van der Waals surface area contributed by atoms with Gasteiger partial charge in [0.05, 0.1) is 11.0 Å². The van der Waals surface area contributed by atoms with Gasteiger partial charge in [0.2, 0.25) is 0 Å². The quantitative estimate of drug-likeness (QED) is 0.930. The molecule has 1 aromatic carbocycles. The first-order chi connectivity index (χ1) is 9.50. The summed E-state index contributed by atoms with van der Waals surface area (Å²) in [4.78, 5) is 0. The van der Waals surface area contributed by atoms with Gasteiger partial charge >= 0.3 is 0 Å². The van der Waals surface area contributed by atoms with Crippen LogP contribution in [0.1, 0.15) is 33.8 Å². The summed E-state index contributed by atoms with van der Waals surface area (Å²) in [7, 11) is -0.862. The Labute approximate surface area is 133 Å². The van der Waals surface area contributed by atoms with Crippen LogP contribution in [0.15, 0.2) is 30.3 Å². The fraction of sp³-hybridized carbons (Fsp3) is 0.647. The van der Waals surface area contributed by atoms with E-state index < -0.39 is 11.0 Å². The van der Waals surface area contributed by atoms with Crippen molar-refractivity contribution in [1.29, 1.82) is 0 Å². The van der Waals surface area contributed by atoms with Gasteiger partial charge in [-0.2, -0.15) is 0 Å². The van der Waals surface area contributed by atoms with Crippen molar-refractivity contribution in [3.63, 3.8) is 0 Å². The molecule has 1 aliphatic heterocycles. The number of piperazine rings is 1. The lowest BCUT2D eigenvalue weighted by atomic mass is 10.1. The molecule has 1 aliphatic rings. The maximum atomic E-state index is 11.6. The van der Waals surface area contributed by atoms with Crippen molar-refractivity contribution in [2.45, 2.75) is 40.7 Å². The van der Waals surface area contributed by atoms with Crippen molar-refractivity contribution in [2.75, 3.05) is 25.9 Å². The zero-order chi connectivity index (χ0) is 15.0. The summed E-state index contributed by atoms with van der Waals surface area (Å²) in [5.74, 6) is 0.833. The second-order valence-electron chi connectivity index (χ2n) is 5.84. The van der Waals surface area contributed by atoms with Gasteiger partial charge in [0.1, 0.15) is 0 Å². The highest BCUT2D eigenvalue weighted by Gasteiger charge is 2.24. The van der Waals surface area contributed by atoms with E-state index >= 15 is 0 Å². The maximum Gasteiger partial charge on any atom is 0.0914 e. The Bertz CT molecular complexity index is 392. The van der Waals surface area contributed by atoms with Gasteiger partial charge in [0.25, 0.3) is 0 Å². The average Bonchev–Trinajstić information content (AvgIpc) is 2.39. The average molecular weight is 313 g/mol. The minimum atomic E-state index is -0.862. The topological polar surface area (TPSA) is 32.3 Å². The molecule has 21 heavy (non-hydrogen) atoms. The summed E-state index contributed by atoms with van der Waals surface area (Å²) in [6.07, 6.45) is 2.73. The van der Waals surface area contributed by atoms with Crippen molar-refractivity contribution in [3.05, 3.63) is 35.9 Å². The molecule has 1 fully saturated rings. The molecule has 1 saturated heterocycles. The highest BCUT2D eigenvalue weighted by molar-refractivity contribution is 7.81. The lowest BCUT2D eigenvalue weighted by Crippen LogP contribution is -2.52. The van der Waals surface area contributed by atoms with Crippen LogP contribution in [0.3, 0.4) is 0 Å². The van der Waals surface area contributed by atoms with Gasteiger partial charge in [0, 0.05) is 31.9 Å². The van der Waals surface area contributed by atoms with Gasteiger partial charge in [0.15, 0.2) is 0 Å². The van der Waals surface area contributed by atoms with E-state index in [4.69, 9.17) is 0 Å². The monoisotopic (exact) mass is 312 g/mol. The van der Waals surface area contributed by atoms with E-state index in [1.165, 1.54) is 5.56 Å². The SMILES string of the molecule is C.CC(C)C.CS(=O)N1CCNCC1Cc1ccccc1. The molecule has 122 valence electrons. The third-order valence-electron chi connectivity index (χ3n) is 2.94. The van der Waals surface area contributed by atoms with E-state index in [-0.39, 0.29) is 7.43 Å². The van der Waals surface area contributed by atoms with Crippen LogP contribution >= 0.6 is 0 Å². The molecule has 1 N–H and O–H groups in total. The fourth-order valence-corrected chi connectivity index (χ4v) is 3.06. The van der Waals surface area contributed by atoms with Gasteiger partial charge in [-0.1, -0.05) is 58.5 Å². The van der Waals surface area contributed by atoms with Crippen LogP contribution in [0, 0.1) is 5.92 Å². The number of benzene rings is 1. The van der Waals surface area contributed by atoms with Crippen LogP contribution in [-0.2, 0) is 17.4 Å². The zero-order valence-electron chi connectivity index (χ0n) is 13.1. The van der Waals surface area contributed by atoms with Gasteiger partial charge in [-0.05, 0) is 17.9 Å². The Morgan fingerprint density at radius 2 is 1.86 bits per heavy atom. The Kier molecular flexibility index (Phi) is 10.6. The molecule has 0 amide bonds. The summed E-state index contributed by atoms with van der Waals surface area (Å²) in [6.45, 7) is 9.24. The highest BCUT2D eigenvalue weighted by atomic mass is 32.2. The van der Waals surface area contributed by atoms with Crippen LogP contribution in [0.5, 0.6) is 0 Å². The number of nitrogens with one attached hydrogen (secondary N) is 1. The zero-order valence-corrected chi connectivity index (χ0v) is 14.0. The molecule has 2 atom stereocenters. The first-order valence-corrected chi connectivity index (χ1v) is 8.87. The minimum Gasteiger partial charge on any atom is -0.314 e. The predicted molar refractivity (Wildman–Crippen MR) is 94.8 cm³/mol. The minimum absolute atomic E-state index is 0. The van der Waals surface area contributed by atoms with E-state index in [0.29, 0.717) is 6.04 Å². The van der Waals surface area contributed by atoms with E-state index in [1.54, 1.807) is 6.26 Å². The largest absolute Gasteiger partial charge is 0.314 e. The normalized spacial score (nSPS) is 20.1. The van der Waals surface area contributed by atoms with E-state index in [2.05, 4.69) is 54.7 Å². The summed E-state index contributed by atoms with van der Waals surface area (Å²) in [6, 6.07) is 10.7. The Morgan fingerprint density at radius 3 is 2.38 bits per heavy atom. The molecule has 0 aromatic heterocycles. The van der Waals surface area contributed by atoms with Crippen LogP contribution in [0.2, 0.25) is 0 Å². The molecule has 0 radical (unpaired) electrons.